The number of primary sulfonamides is 1. The van der Waals surface area contributed by atoms with Crippen LogP contribution >= 0.6 is 0 Å². The van der Waals surface area contributed by atoms with E-state index in [-0.39, 0.29) is 10.7 Å². The second-order valence-electron chi connectivity index (χ2n) is 3.57. The monoisotopic (exact) mass is 292 g/mol. The van der Waals surface area contributed by atoms with E-state index in [1.807, 2.05) is 0 Å². The van der Waals surface area contributed by atoms with Crippen molar-refractivity contribution in [2.75, 3.05) is 0 Å². The molecule has 102 valence electrons. The molecule has 0 unspecified atom stereocenters. The van der Waals surface area contributed by atoms with E-state index in [0.717, 1.165) is 23.1 Å². The van der Waals surface area contributed by atoms with Gasteiger partial charge in [-0.2, -0.15) is 18.3 Å². The molecule has 0 atom stereocenters. The summed E-state index contributed by atoms with van der Waals surface area (Å²) in [5.74, 6) is 0.0444. The Morgan fingerprint density at radius 1 is 1.21 bits per heavy atom. The Bertz CT molecular complexity index is 691. The summed E-state index contributed by atoms with van der Waals surface area (Å²) in [5, 5.41) is 8.37. The Morgan fingerprint density at radius 2 is 1.89 bits per heavy atom. The fraction of sp³-hybridized carbons (Fsp3) is 0.111. The van der Waals surface area contributed by atoms with Crippen LogP contribution < -0.4 is 5.14 Å². The lowest BCUT2D eigenvalue weighted by Gasteiger charge is -2.02. The fourth-order valence-corrected chi connectivity index (χ4v) is 1.73. The first-order chi connectivity index (χ1) is 8.68. The van der Waals surface area contributed by atoms with E-state index < -0.39 is 21.8 Å². The maximum atomic E-state index is 12.4. The number of aromatic nitrogens is 3. The van der Waals surface area contributed by atoms with E-state index in [1.54, 1.807) is 0 Å². The summed E-state index contributed by atoms with van der Waals surface area (Å²) >= 11 is 0. The average molecular weight is 292 g/mol. The minimum atomic E-state index is -4.50. The van der Waals surface area contributed by atoms with Gasteiger partial charge in [0.05, 0.1) is 11.8 Å². The molecule has 6 nitrogen and oxygen atoms in total. The maximum Gasteiger partial charge on any atom is 0.419 e. The number of sulfonamides is 1. The molecule has 19 heavy (non-hydrogen) atoms. The Kier molecular flexibility index (Phi) is 3.06. The number of rotatable bonds is 2. The summed E-state index contributed by atoms with van der Waals surface area (Å²) in [5.41, 5.74) is -0.926. The van der Waals surface area contributed by atoms with Crippen LogP contribution in [0.15, 0.2) is 35.6 Å². The van der Waals surface area contributed by atoms with Gasteiger partial charge in [0.2, 0.25) is 10.0 Å². The van der Waals surface area contributed by atoms with Gasteiger partial charge >= 0.3 is 6.18 Å². The van der Waals surface area contributed by atoms with Gasteiger partial charge in [-0.25, -0.2) is 23.2 Å². The predicted octanol–water partition coefficient (Wildman–Crippen LogP) is 0.934. The zero-order chi connectivity index (χ0) is 14.3. The Morgan fingerprint density at radius 3 is 2.32 bits per heavy atom. The Balaban J connectivity index is 2.36. The first kappa shape index (κ1) is 13.5. The zero-order valence-electron chi connectivity index (χ0n) is 9.16. The summed E-state index contributed by atoms with van der Waals surface area (Å²) in [6.45, 7) is 0. The van der Waals surface area contributed by atoms with Gasteiger partial charge in [0.15, 0.2) is 5.82 Å². The van der Waals surface area contributed by atoms with Crippen LogP contribution in [0.3, 0.4) is 0 Å². The van der Waals surface area contributed by atoms with Gasteiger partial charge in [-0.1, -0.05) is 0 Å². The minimum Gasteiger partial charge on any atom is -0.236 e. The fourth-order valence-electron chi connectivity index (χ4n) is 1.27. The summed E-state index contributed by atoms with van der Waals surface area (Å²) in [4.78, 5) is 3.45. The topological polar surface area (TPSA) is 90.9 Å². The summed E-state index contributed by atoms with van der Waals surface area (Å²) in [7, 11) is -3.89. The quantitative estimate of drug-likeness (QED) is 0.891. The highest BCUT2D eigenvalue weighted by molar-refractivity contribution is 7.89. The number of nitrogens with zero attached hydrogens (tertiary/aromatic N) is 3. The summed E-state index contributed by atoms with van der Waals surface area (Å²) < 4.78 is 60.0. The molecule has 0 aromatic carbocycles. The number of pyridine rings is 1. The molecule has 0 saturated heterocycles. The molecule has 0 aliphatic carbocycles. The van der Waals surface area contributed by atoms with Crippen molar-refractivity contribution in [1.29, 1.82) is 0 Å². The van der Waals surface area contributed by atoms with Gasteiger partial charge in [-0.15, -0.1) is 0 Å². The van der Waals surface area contributed by atoms with Crippen molar-refractivity contribution >= 4 is 10.0 Å². The molecule has 0 aliphatic heterocycles. The van der Waals surface area contributed by atoms with Crippen LogP contribution in [-0.2, 0) is 16.2 Å². The van der Waals surface area contributed by atoms with Crippen LogP contribution in [0.4, 0.5) is 13.2 Å². The lowest BCUT2D eigenvalue weighted by atomic mass is 10.3. The molecular formula is C9H7F3N4O2S. The third-order valence-corrected chi connectivity index (χ3v) is 3.09. The van der Waals surface area contributed by atoms with Crippen LogP contribution in [0.25, 0.3) is 5.82 Å². The number of halogens is 3. The van der Waals surface area contributed by atoms with Crippen molar-refractivity contribution in [3.8, 4) is 5.82 Å². The number of hydrogen-bond acceptors (Lipinski definition) is 4. The van der Waals surface area contributed by atoms with Crippen LogP contribution in [-0.4, -0.2) is 23.2 Å². The lowest BCUT2D eigenvalue weighted by molar-refractivity contribution is -0.137. The normalized spacial score (nSPS) is 12.6. The van der Waals surface area contributed by atoms with Crippen LogP contribution in [0.2, 0.25) is 0 Å². The molecule has 0 radical (unpaired) electrons. The highest BCUT2D eigenvalue weighted by Gasteiger charge is 2.32. The van der Waals surface area contributed by atoms with Crippen LogP contribution in [0, 0.1) is 0 Å². The molecule has 0 fully saturated rings. The van der Waals surface area contributed by atoms with Crippen molar-refractivity contribution in [1.82, 2.24) is 14.8 Å². The molecule has 0 spiro atoms. The van der Waals surface area contributed by atoms with E-state index in [2.05, 4.69) is 10.1 Å². The Labute approximate surface area is 105 Å². The van der Waals surface area contributed by atoms with E-state index in [1.165, 1.54) is 6.07 Å². The number of alkyl halides is 3. The molecule has 2 aromatic rings. The van der Waals surface area contributed by atoms with Gasteiger partial charge in [0.25, 0.3) is 0 Å². The predicted molar refractivity (Wildman–Crippen MR) is 57.7 cm³/mol. The van der Waals surface area contributed by atoms with Crippen molar-refractivity contribution < 1.29 is 21.6 Å². The molecule has 0 aliphatic rings. The largest absolute Gasteiger partial charge is 0.419 e. The second kappa shape index (κ2) is 4.31. The first-order valence-corrected chi connectivity index (χ1v) is 6.33. The van der Waals surface area contributed by atoms with Crippen molar-refractivity contribution in [2.45, 2.75) is 11.1 Å². The highest BCUT2D eigenvalue weighted by Crippen LogP contribution is 2.28. The molecule has 0 bridgehead atoms. The standard InChI is InChI=1S/C9H7F3N4O2S/c10-9(11,12)6-3-15-16(5-6)8-2-1-7(4-14-8)19(13,17)18/h1-5H,(H2,13,17,18). The van der Waals surface area contributed by atoms with Gasteiger partial charge < -0.3 is 0 Å². The Hall–Kier alpha value is -1.94. The molecular weight excluding hydrogens is 285 g/mol. The SMILES string of the molecule is NS(=O)(=O)c1ccc(-n2cc(C(F)(F)F)cn2)nc1. The van der Waals surface area contributed by atoms with Gasteiger partial charge in [0, 0.05) is 12.4 Å². The minimum absolute atomic E-state index is 0.0444. The molecule has 0 saturated carbocycles. The molecule has 2 heterocycles. The van der Waals surface area contributed by atoms with Gasteiger partial charge in [0.1, 0.15) is 4.90 Å². The highest BCUT2D eigenvalue weighted by atomic mass is 32.2. The number of hydrogen-bond donors (Lipinski definition) is 1. The number of nitrogens with two attached hydrogens (primary N) is 1. The molecule has 10 heteroatoms. The van der Waals surface area contributed by atoms with E-state index >= 15 is 0 Å². The van der Waals surface area contributed by atoms with Crippen molar-refractivity contribution in [2.24, 2.45) is 5.14 Å². The molecule has 2 aromatic heterocycles. The van der Waals surface area contributed by atoms with Gasteiger partial charge in [-0.05, 0) is 12.1 Å². The van der Waals surface area contributed by atoms with Crippen LogP contribution in [0.1, 0.15) is 5.56 Å². The maximum absolute atomic E-state index is 12.4. The average Bonchev–Trinajstić information content (AvgIpc) is 2.77. The van der Waals surface area contributed by atoms with E-state index in [4.69, 9.17) is 5.14 Å². The summed E-state index contributed by atoms with van der Waals surface area (Å²) in [6.07, 6.45) is -2.16. The molecule has 2 N–H and O–H groups in total. The smallest absolute Gasteiger partial charge is 0.236 e. The molecule has 0 amide bonds. The van der Waals surface area contributed by atoms with Gasteiger partial charge in [-0.3, -0.25) is 0 Å². The van der Waals surface area contributed by atoms with E-state index in [0.29, 0.717) is 6.20 Å². The third kappa shape index (κ3) is 2.90. The lowest BCUT2D eigenvalue weighted by Crippen LogP contribution is -2.12. The van der Waals surface area contributed by atoms with E-state index in [9.17, 15) is 21.6 Å². The first-order valence-electron chi connectivity index (χ1n) is 4.79. The third-order valence-electron chi connectivity index (χ3n) is 2.19. The zero-order valence-corrected chi connectivity index (χ0v) is 9.98. The molecule has 2 rings (SSSR count). The van der Waals surface area contributed by atoms with Crippen molar-refractivity contribution in [3.05, 3.63) is 36.3 Å². The second-order valence-corrected chi connectivity index (χ2v) is 5.13. The van der Waals surface area contributed by atoms with Crippen LogP contribution in [0.5, 0.6) is 0 Å². The van der Waals surface area contributed by atoms with Crippen molar-refractivity contribution in [3.63, 3.8) is 0 Å². The summed E-state index contributed by atoms with van der Waals surface area (Å²) in [6, 6.07) is 2.33.